The van der Waals surface area contributed by atoms with Crippen LogP contribution in [0.3, 0.4) is 0 Å². The van der Waals surface area contributed by atoms with Crippen molar-refractivity contribution in [3.63, 3.8) is 0 Å². The quantitative estimate of drug-likeness (QED) is 0.543. The molecule has 3 aromatic rings. The van der Waals surface area contributed by atoms with E-state index in [2.05, 4.69) is 17.1 Å². The van der Waals surface area contributed by atoms with Crippen LogP contribution < -0.4 is 15.0 Å². The SMILES string of the molecule is COc1ccccc1-c1nn(C2CCCCO2)c2nc(N3CCC(C)(CNC(=O)O)CC3)cnc12. The summed E-state index contributed by atoms with van der Waals surface area (Å²) in [6.07, 6.45) is 5.41. The summed E-state index contributed by atoms with van der Waals surface area (Å²) < 4.78 is 13.6. The van der Waals surface area contributed by atoms with E-state index in [4.69, 9.17) is 29.6 Å². The Morgan fingerprint density at radius 1 is 1.29 bits per heavy atom. The van der Waals surface area contributed by atoms with Crippen molar-refractivity contribution in [2.45, 2.75) is 45.3 Å². The van der Waals surface area contributed by atoms with Crippen LogP contribution in [0.4, 0.5) is 10.6 Å². The summed E-state index contributed by atoms with van der Waals surface area (Å²) in [5.74, 6) is 1.54. The molecule has 1 unspecified atom stereocenters. The predicted molar refractivity (Wildman–Crippen MR) is 132 cm³/mol. The second-order valence-electron chi connectivity index (χ2n) is 9.67. The van der Waals surface area contributed by atoms with Gasteiger partial charge in [-0.3, -0.25) is 0 Å². The lowest BCUT2D eigenvalue weighted by Crippen LogP contribution is -2.44. The normalized spacial score (nSPS) is 20.1. The predicted octanol–water partition coefficient (Wildman–Crippen LogP) is 4.08. The van der Waals surface area contributed by atoms with Crippen LogP contribution in [0, 0.1) is 5.41 Å². The van der Waals surface area contributed by atoms with Gasteiger partial charge in [0.05, 0.1) is 13.3 Å². The van der Waals surface area contributed by atoms with Crippen LogP contribution in [-0.2, 0) is 4.74 Å². The average molecular weight is 481 g/mol. The molecule has 2 fully saturated rings. The van der Waals surface area contributed by atoms with Crippen LogP contribution in [0.15, 0.2) is 30.5 Å². The largest absolute Gasteiger partial charge is 0.496 e. The molecule has 1 amide bonds. The van der Waals surface area contributed by atoms with Crippen LogP contribution in [0.25, 0.3) is 22.4 Å². The molecular weight excluding hydrogens is 448 g/mol. The summed E-state index contributed by atoms with van der Waals surface area (Å²) in [6.45, 7) is 4.86. The number of carbonyl (C=O) groups is 1. The van der Waals surface area contributed by atoms with E-state index in [-0.39, 0.29) is 11.6 Å². The molecule has 2 saturated heterocycles. The second-order valence-corrected chi connectivity index (χ2v) is 9.67. The number of hydrogen-bond donors (Lipinski definition) is 2. The Bertz CT molecular complexity index is 1200. The highest BCUT2D eigenvalue weighted by Crippen LogP contribution is 2.37. The Hall–Kier alpha value is -3.40. The Kier molecular flexibility index (Phi) is 6.46. The number of carboxylic acid groups (broad SMARTS) is 1. The molecular formula is C25H32N6O4. The fourth-order valence-corrected chi connectivity index (χ4v) is 4.93. The van der Waals surface area contributed by atoms with E-state index in [1.807, 2.05) is 35.1 Å². The molecule has 2 N–H and O–H groups in total. The fraction of sp³-hybridized carbons (Fsp3) is 0.520. The maximum Gasteiger partial charge on any atom is 0.404 e. The number of rotatable bonds is 6. The summed E-state index contributed by atoms with van der Waals surface area (Å²) in [4.78, 5) is 23.0. The first-order valence-corrected chi connectivity index (χ1v) is 12.2. The molecule has 2 aliphatic rings. The summed E-state index contributed by atoms with van der Waals surface area (Å²) in [6, 6.07) is 7.80. The van der Waals surface area contributed by atoms with Gasteiger partial charge >= 0.3 is 6.09 Å². The van der Waals surface area contributed by atoms with Crippen LogP contribution in [0.5, 0.6) is 5.75 Å². The van der Waals surface area contributed by atoms with Gasteiger partial charge < -0.3 is 24.8 Å². The van der Waals surface area contributed by atoms with Gasteiger partial charge in [0.2, 0.25) is 0 Å². The first kappa shape index (κ1) is 23.3. The van der Waals surface area contributed by atoms with Gasteiger partial charge in [-0.2, -0.15) is 5.10 Å². The zero-order valence-electron chi connectivity index (χ0n) is 20.2. The zero-order chi connectivity index (χ0) is 24.4. The summed E-state index contributed by atoms with van der Waals surface area (Å²) >= 11 is 0. The zero-order valence-corrected chi connectivity index (χ0v) is 20.2. The topological polar surface area (TPSA) is 115 Å². The van der Waals surface area contributed by atoms with E-state index in [0.717, 1.165) is 73.5 Å². The molecule has 0 aliphatic carbocycles. The van der Waals surface area contributed by atoms with Crippen molar-refractivity contribution in [1.82, 2.24) is 25.1 Å². The van der Waals surface area contributed by atoms with Crippen molar-refractivity contribution in [3.05, 3.63) is 30.5 Å². The van der Waals surface area contributed by atoms with E-state index < -0.39 is 6.09 Å². The van der Waals surface area contributed by atoms with Crippen molar-refractivity contribution in [2.24, 2.45) is 5.41 Å². The van der Waals surface area contributed by atoms with Crippen LogP contribution in [0.2, 0.25) is 0 Å². The van der Waals surface area contributed by atoms with E-state index in [1.54, 1.807) is 7.11 Å². The smallest absolute Gasteiger partial charge is 0.404 e. The van der Waals surface area contributed by atoms with E-state index in [0.29, 0.717) is 18.8 Å². The Morgan fingerprint density at radius 2 is 2.09 bits per heavy atom. The lowest BCUT2D eigenvalue weighted by Gasteiger charge is -2.39. The molecule has 5 rings (SSSR count). The number of anilines is 1. The number of methoxy groups -OCH3 is 1. The highest BCUT2D eigenvalue weighted by molar-refractivity contribution is 5.90. The minimum atomic E-state index is -0.978. The van der Waals surface area contributed by atoms with E-state index in [1.165, 1.54) is 0 Å². The molecule has 0 radical (unpaired) electrons. The van der Waals surface area contributed by atoms with Gasteiger partial charge in [-0.05, 0) is 49.7 Å². The highest BCUT2D eigenvalue weighted by Gasteiger charge is 2.32. The number of hydrogen-bond acceptors (Lipinski definition) is 7. The van der Waals surface area contributed by atoms with Crippen molar-refractivity contribution in [3.8, 4) is 17.0 Å². The molecule has 1 aromatic carbocycles. The maximum absolute atomic E-state index is 10.9. The highest BCUT2D eigenvalue weighted by atomic mass is 16.5. The number of ether oxygens (including phenoxy) is 2. The minimum absolute atomic E-state index is 0.0683. The van der Waals surface area contributed by atoms with Gasteiger partial charge in [-0.25, -0.2) is 19.4 Å². The molecule has 35 heavy (non-hydrogen) atoms. The lowest BCUT2D eigenvalue weighted by molar-refractivity contribution is -0.0368. The van der Waals surface area contributed by atoms with Crippen molar-refractivity contribution < 1.29 is 19.4 Å². The molecule has 0 bridgehead atoms. The van der Waals surface area contributed by atoms with Gasteiger partial charge in [0.25, 0.3) is 0 Å². The van der Waals surface area contributed by atoms with Gasteiger partial charge in [-0.15, -0.1) is 0 Å². The monoisotopic (exact) mass is 480 g/mol. The molecule has 10 heteroatoms. The second kappa shape index (κ2) is 9.69. The molecule has 4 heterocycles. The van der Waals surface area contributed by atoms with Gasteiger partial charge in [0, 0.05) is 31.8 Å². The maximum atomic E-state index is 10.9. The van der Waals surface area contributed by atoms with Crippen LogP contribution in [0.1, 0.15) is 45.3 Å². The molecule has 186 valence electrons. The first-order valence-electron chi connectivity index (χ1n) is 12.2. The Morgan fingerprint density at radius 3 is 2.80 bits per heavy atom. The number of piperidine rings is 1. The average Bonchev–Trinajstić information content (AvgIpc) is 3.27. The van der Waals surface area contributed by atoms with Crippen LogP contribution in [-0.4, -0.2) is 64.3 Å². The molecule has 2 aromatic heterocycles. The summed E-state index contributed by atoms with van der Waals surface area (Å²) in [5.41, 5.74) is 2.96. The number of para-hydroxylation sites is 1. The fourth-order valence-electron chi connectivity index (χ4n) is 4.93. The van der Waals surface area contributed by atoms with E-state index >= 15 is 0 Å². The van der Waals surface area contributed by atoms with Crippen molar-refractivity contribution in [1.29, 1.82) is 0 Å². The number of fused-ring (bicyclic) bond motifs is 1. The number of amides is 1. The molecule has 0 spiro atoms. The van der Waals surface area contributed by atoms with Crippen LogP contribution >= 0.6 is 0 Å². The first-order chi connectivity index (χ1) is 17.0. The van der Waals surface area contributed by atoms with Crippen molar-refractivity contribution in [2.75, 3.05) is 38.3 Å². The molecule has 10 nitrogen and oxygen atoms in total. The number of benzene rings is 1. The molecule has 2 aliphatic heterocycles. The lowest BCUT2D eigenvalue weighted by atomic mass is 9.80. The Balaban J connectivity index is 1.48. The van der Waals surface area contributed by atoms with Crippen molar-refractivity contribution >= 4 is 23.1 Å². The third kappa shape index (κ3) is 4.75. The molecule has 1 atom stereocenters. The summed E-state index contributed by atoms with van der Waals surface area (Å²) in [7, 11) is 1.65. The molecule has 0 saturated carbocycles. The van der Waals surface area contributed by atoms with Gasteiger partial charge in [-0.1, -0.05) is 19.1 Å². The number of nitrogens with one attached hydrogen (secondary N) is 1. The number of aromatic nitrogens is 4. The Labute approximate surface area is 204 Å². The van der Waals surface area contributed by atoms with Gasteiger partial charge in [0.1, 0.15) is 22.8 Å². The summed E-state index contributed by atoms with van der Waals surface area (Å²) in [5, 5.41) is 16.5. The number of nitrogens with zero attached hydrogens (tertiary/aromatic N) is 5. The van der Waals surface area contributed by atoms with E-state index in [9.17, 15) is 4.79 Å². The minimum Gasteiger partial charge on any atom is -0.496 e. The van der Waals surface area contributed by atoms with Gasteiger partial charge in [0.15, 0.2) is 11.9 Å². The third-order valence-corrected chi connectivity index (χ3v) is 7.14. The standard InChI is InChI=1S/C25H32N6O4/c1-25(16-27-24(32)33)10-12-30(13-11-25)19-15-26-22-21(17-7-3-4-8-18(17)34-2)29-31(23(22)28-19)20-9-5-6-14-35-20/h3-4,7-8,15,20,27H,5-6,9-14,16H2,1-2H3,(H,32,33). The third-order valence-electron chi connectivity index (χ3n) is 7.14.